The van der Waals surface area contributed by atoms with E-state index in [1.165, 1.54) is 0 Å². The van der Waals surface area contributed by atoms with Crippen LogP contribution in [0.2, 0.25) is 0 Å². The predicted octanol–water partition coefficient (Wildman–Crippen LogP) is 1.58. The molecule has 3 amide bonds. The van der Waals surface area contributed by atoms with Gasteiger partial charge in [-0.2, -0.15) is 0 Å². The maximum absolute atomic E-state index is 14.4. The second-order valence-corrected chi connectivity index (χ2v) is 13.0. The lowest BCUT2D eigenvalue weighted by atomic mass is 9.70. The summed E-state index contributed by atoms with van der Waals surface area (Å²) in [6.07, 6.45) is 1.46. The predicted molar refractivity (Wildman–Crippen MR) is 156 cm³/mol. The minimum Gasteiger partial charge on any atom is -0.394 e. The Hall–Kier alpha value is -2.92. The average molecular weight is 579 g/mol. The van der Waals surface area contributed by atoms with Gasteiger partial charge in [-0.15, -0.1) is 11.8 Å². The van der Waals surface area contributed by atoms with E-state index in [-0.39, 0.29) is 29.6 Å². The SMILES string of the molecule is O=C(NCCN1CCOCC1)C1N([C@H](CO)c2ccccc2)C(=O)[C@@H]2[C@@H](C(=O)NCc3ccccc3)[C@H]3CCC12S3. The Morgan fingerprint density at radius 3 is 2.44 bits per heavy atom. The lowest BCUT2D eigenvalue weighted by Gasteiger charge is -2.37. The summed E-state index contributed by atoms with van der Waals surface area (Å²) in [5, 5.41) is 16.8. The zero-order chi connectivity index (χ0) is 28.4. The molecule has 3 N–H and O–H groups in total. The number of nitrogens with one attached hydrogen (secondary N) is 2. The van der Waals surface area contributed by atoms with Gasteiger partial charge < -0.3 is 25.4 Å². The molecule has 2 unspecified atom stereocenters. The summed E-state index contributed by atoms with van der Waals surface area (Å²) in [6.45, 7) is 4.27. The summed E-state index contributed by atoms with van der Waals surface area (Å²) in [7, 11) is 0. The highest BCUT2D eigenvalue weighted by atomic mass is 32.2. The number of hydrogen-bond acceptors (Lipinski definition) is 7. The fraction of sp³-hybridized carbons (Fsp3) is 0.516. The van der Waals surface area contributed by atoms with Gasteiger partial charge in [-0.3, -0.25) is 19.3 Å². The van der Waals surface area contributed by atoms with Crippen molar-refractivity contribution in [2.24, 2.45) is 11.8 Å². The van der Waals surface area contributed by atoms with Crippen LogP contribution in [-0.2, 0) is 25.7 Å². The number of aliphatic hydroxyl groups is 1. The smallest absolute Gasteiger partial charge is 0.244 e. The number of rotatable bonds is 10. The van der Waals surface area contributed by atoms with Crippen LogP contribution in [0.15, 0.2) is 60.7 Å². The van der Waals surface area contributed by atoms with E-state index in [4.69, 9.17) is 4.74 Å². The Morgan fingerprint density at radius 1 is 1.02 bits per heavy atom. The highest BCUT2D eigenvalue weighted by Gasteiger charge is 2.74. The third-order valence-corrected chi connectivity index (χ3v) is 11.1. The van der Waals surface area contributed by atoms with Crippen LogP contribution in [0.3, 0.4) is 0 Å². The number of fused-ring (bicyclic) bond motifs is 1. The average Bonchev–Trinajstić information content (AvgIpc) is 3.66. The molecule has 10 heteroatoms. The summed E-state index contributed by atoms with van der Waals surface area (Å²) < 4.78 is 4.73. The van der Waals surface area contributed by atoms with E-state index in [9.17, 15) is 19.5 Å². The Morgan fingerprint density at radius 2 is 1.73 bits per heavy atom. The zero-order valence-electron chi connectivity index (χ0n) is 23.1. The number of carbonyl (C=O) groups is 3. The van der Waals surface area contributed by atoms with Gasteiger partial charge in [-0.05, 0) is 24.0 Å². The molecule has 9 nitrogen and oxygen atoms in total. The molecule has 4 heterocycles. The number of thioether (sulfide) groups is 1. The van der Waals surface area contributed by atoms with Crippen molar-refractivity contribution in [3.8, 4) is 0 Å². The normalized spacial score (nSPS) is 29.8. The maximum Gasteiger partial charge on any atom is 0.244 e. The first-order chi connectivity index (χ1) is 20.0. The van der Waals surface area contributed by atoms with Gasteiger partial charge in [-0.25, -0.2) is 0 Å². The molecule has 41 heavy (non-hydrogen) atoms. The van der Waals surface area contributed by atoms with E-state index in [2.05, 4.69) is 15.5 Å². The number of aliphatic hydroxyl groups excluding tert-OH is 1. The van der Waals surface area contributed by atoms with Crippen molar-refractivity contribution >= 4 is 29.5 Å². The summed E-state index contributed by atoms with van der Waals surface area (Å²) in [5.74, 6) is -1.69. The molecule has 6 atom stereocenters. The van der Waals surface area contributed by atoms with Crippen LogP contribution in [0.4, 0.5) is 0 Å². The van der Waals surface area contributed by atoms with Gasteiger partial charge in [0.25, 0.3) is 0 Å². The summed E-state index contributed by atoms with van der Waals surface area (Å²) in [4.78, 5) is 46.0. The minimum absolute atomic E-state index is 0.0187. The Bertz CT molecular complexity index is 1240. The molecule has 0 radical (unpaired) electrons. The Balaban J connectivity index is 1.27. The molecule has 2 bridgehead atoms. The number of likely N-dealkylation sites (tertiary alicyclic amines) is 1. The summed E-state index contributed by atoms with van der Waals surface area (Å²) in [5.41, 5.74) is 1.77. The highest BCUT2D eigenvalue weighted by molar-refractivity contribution is 8.02. The lowest BCUT2D eigenvalue weighted by molar-refractivity contribution is -0.143. The fourth-order valence-electron chi connectivity index (χ4n) is 7.22. The third-order valence-electron chi connectivity index (χ3n) is 9.12. The van der Waals surface area contributed by atoms with E-state index in [1.807, 2.05) is 60.7 Å². The third kappa shape index (κ3) is 5.27. The van der Waals surface area contributed by atoms with Gasteiger partial charge in [0.05, 0.1) is 42.4 Å². The van der Waals surface area contributed by atoms with Crippen LogP contribution >= 0.6 is 11.8 Å². The van der Waals surface area contributed by atoms with Gasteiger partial charge in [-0.1, -0.05) is 60.7 Å². The first-order valence-corrected chi connectivity index (χ1v) is 15.5. The van der Waals surface area contributed by atoms with Crippen molar-refractivity contribution in [1.82, 2.24) is 20.4 Å². The first-order valence-electron chi connectivity index (χ1n) is 14.6. The molecule has 4 aliphatic heterocycles. The molecule has 1 spiro atoms. The molecule has 4 fully saturated rings. The minimum atomic E-state index is -0.774. The maximum atomic E-state index is 14.4. The van der Waals surface area contributed by atoms with Crippen molar-refractivity contribution in [2.45, 2.75) is 41.5 Å². The second-order valence-electron chi connectivity index (χ2n) is 11.4. The first kappa shape index (κ1) is 28.2. The van der Waals surface area contributed by atoms with Crippen LogP contribution in [0.1, 0.15) is 30.0 Å². The number of benzene rings is 2. The number of carbonyl (C=O) groups excluding carboxylic acids is 3. The molecule has 0 saturated carbocycles. The molecule has 218 valence electrons. The summed E-state index contributed by atoms with van der Waals surface area (Å²) in [6, 6.07) is 17.7. The molecular formula is C31H38N4O5S. The van der Waals surface area contributed by atoms with E-state index >= 15 is 0 Å². The molecule has 2 aromatic rings. The number of morpholine rings is 1. The fourth-order valence-corrected chi connectivity index (χ4v) is 9.42. The van der Waals surface area contributed by atoms with E-state index < -0.39 is 28.7 Å². The van der Waals surface area contributed by atoms with Gasteiger partial charge in [0, 0.05) is 38.0 Å². The Labute approximate surface area is 245 Å². The van der Waals surface area contributed by atoms with Crippen LogP contribution < -0.4 is 10.6 Å². The van der Waals surface area contributed by atoms with Crippen molar-refractivity contribution in [2.75, 3.05) is 46.0 Å². The van der Waals surface area contributed by atoms with Gasteiger partial charge in [0.1, 0.15) is 6.04 Å². The van der Waals surface area contributed by atoms with Gasteiger partial charge in [0.15, 0.2) is 0 Å². The van der Waals surface area contributed by atoms with Crippen molar-refractivity contribution in [3.63, 3.8) is 0 Å². The quantitative estimate of drug-likeness (QED) is 0.393. The number of nitrogens with zero attached hydrogens (tertiary/aromatic N) is 2. The molecular weight excluding hydrogens is 540 g/mol. The van der Waals surface area contributed by atoms with Gasteiger partial charge in [0.2, 0.25) is 17.7 Å². The number of ether oxygens (including phenoxy) is 1. The van der Waals surface area contributed by atoms with Crippen LogP contribution in [0.5, 0.6) is 0 Å². The standard InChI is InChI=1S/C31H38N4O5S/c36-20-23(22-9-5-2-6-10-22)35-27(29(38)32-13-14-34-15-17-40-18-16-34)31-12-11-24(41-31)25(26(31)30(35)39)28(37)33-19-21-7-3-1-4-8-21/h1-10,23-27,36H,11-20H2,(H,32,38)(H,33,37)/t23-,24-,25+,26+,27?,31?/m1/s1. The van der Waals surface area contributed by atoms with Crippen molar-refractivity contribution in [3.05, 3.63) is 71.8 Å². The highest BCUT2D eigenvalue weighted by Crippen LogP contribution is 2.67. The molecule has 2 aromatic carbocycles. The van der Waals surface area contributed by atoms with Crippen LogP contribution in [-0.4, -0.2) is 94.7 Å². The molecule has 4 saturated heterocycles. The monoisotopic (exact) mass is 578 g/mol. The van der Waals surface area contributed by atoms with E-state index in [1.54, 1.807) is 16.7 Å². The van der Waals surface area contributed by atoms with Crippen LogP contribution in [0.25, 0.3) is 0 Å². The topological polar surface area (TPSA) is 111 Å². The van der Waals surface area contributed by atoms with Gasteiger partial charge >= 0.3 is 0 Å². The van der Waals surface area contributed by atoms with Crippen LogP contribution in [0, 0.1) is 11.8 Å². The summed E-state index contributed by atoms with van der Waals surface area (Å²) >= 11 is 1.64. The van der Waals surface area contributed by atoms with E-state index in [0.717, 1.165) is 30.6 Å². The van der Waals surface area contributed by atoms with E-state index in [0.29, 0.717) is 39.3 Å². The number of amides is 3. The zero-order valence-corrected chi connectivity index (χ0v) is 23.9. The number of hydrogen-bond donors (Lipinski definition) is 3. The Kier molecular flexibility index (Phi) is 8.35. The second kappa shape index (κ2) is 12.1. The molecule has 0 aliphatic carbocycles. The molecule has 4 aliphatic rings. The van der Waals surface area contributed by atoms with Crippen molar-refractivity contribution < 1.29 is 24.2 Å². The lowest BCUT2D eigenvalue weighted by Crippen LogP contribution is -2.55. The molecule has 0 aromatic heterocycles. The largest absolute Gasteiger partial charge is 0.394 e. The molecule has 6 rings (SSSR count). The van der Waals surface area contributed by atoms with Crippen molar-refractivity contribution in [1.29, 1.82) is 0 Å².